The molecule has 0 aliphatic rings. The molecule has 1 N–H and O–H groups in total. The summed E-state index contributed by atoms with van der Waals surface area (Å²) in [6, 6.07) is 14.3. The molecule has 0 aliphatic heterocycles. The van der Waals surface area contributed by atoms with Crippen LogP contribution >= 0.6 is 15.9 Å². The van der Waals surface area contributed by atoms with Crippen LogP contribution in [0.3, 0.4) is 0 Å². The number of nitrogens with zero attached hydrogens (tertiary/aromatic N) is 1. The summed E-state index contributed by atoms with van der Waals surface area (Å²) in [6.45, 7) is 2.35. The van der Waals surface area contributed by atoms with Crippen molar-refractivity contribution in [1.29, 1.82) is 5.26 Å². The number of nitrogens with one attached hydrogen (secondary N) is 1. The highest BCUT2D eigenvalue weighted by atomic mass is 79.9. The number of carbonyl (C=O) groups is 1. The fraction of sp³-hybridized carbons (Fsp3) is 0.158. The van der Waals surface area contributed by atoms with Crippen LogP contribution in [0, 0.1) is 11.3 Å². The molecule has 0 fully saturated rings. The first kappa shape index (κ1) is 18.6. The summed E-state index contributed by atoms with van der Waals surface area (Å²) in [5, 5.41) is 12.0. The van der Waals surface area contributed by atoms with Crippen LogP contribution in [0.2, 0.25) is 0 Å². The van der Waals surface area contributed by atoms with Crippen molar-refractivity contribution in [1.82, 2.24) is 0 Å². The van der Waals surface area contributed by atoms with Crippen LogP contribution in [-0.2, 0) is 4.79 Å². The molecule has 6 heteroatoms. The van der Waals surface area contributed by atoms with Crippen molar-refractivity contribution >= 4 is 33.6 Å². The average Bonchev–Trinajstić information content (AvgIpc) is 2.62. The SMILES string of the molecule is CCOc1cc(/C=C(/C#N)C(=O)Nc2ccccc2Br)ccc1OC. The van der Waals surface area contributed by atoms with E-state index in [2.05, 4.69) is 21.2 Å². The normalized spacial score (nSPS) is 10.7. The maximum absolute atomic E-state index is 12.4. The summed E-state index contributed by atoms with van der Waals surface area (Å²) >= 11 is 3.36. The monoisotopic (exact) mass is 400 g/mol. The fourth-order valence-electron chi connectivity index (χ4n) is 2.12. The van der Waals surface area contributed by atoms with Gasteiger partial charge in [-0.2, -0.15) is 5.26 Å². The molecule has 25 heavy (non-hydrogen) atoms. The molecule has 5 nitrogen and oxygen atoms in total. The Hall–Kier alpha value is -2.78. The summed E-state index contributed by atoms with van der Waals surface area (Å²) < 4.78 is 11.5. The van der Waals surface area contributed by atoms with Crippen LogP contribution in [0.5, 0.6) is 11.5 Å². The predicted octanol–water partition coefficient (Wildman–Crippen LogP) is 4.40. The minimum absolute atomic E-state index is 0.0108. The molecule has 2 rings (SSSR count). The minimum atomic E-state index is -0.483. The molecule has 0 heterocycles. The van der Waals surface area contributed by atoms with Gasteiger partial charge in [-0.25, -0.2) is 0 Å². The first-order valence-electron chi connectivity index (χ1n) is 7.57. The lowest BCUT2D eigenvalue weighted by atomic mass is 10.1. The van der Waals surface area contributed by atoms with Crippen LogP contribution in [0.4, 0.5) is 5.69 Å². The molecule has 2 aromatic carbocycles. The Kier molecular flexibility index (Phi) is 6.61. The van der Waals surface area contributed by atoms with Crippen LogP contribution in [0.25, 0.3) is 6.08 Å². The number of benzene rings is 2. The number of ether oxygens (including phenoxy) is 2. The maximum atomic E-state index is 12.4. The Morgan fingerprint density at radius 3 is 2.68 bits per heavy atom. The summed E-state index contributed by atoms with van der Waals surface area (Å²) in [4.78, 5) is 12.4. The van der Waals surface area contributed by atoms with Gasteiger partial charge in [-0.05, 0) is 58.8 Å². The first-order valence-corrected chi connectivity index (χ1v) is 8.36. The van der Waals surface area contributed by atoms with Crippen molar-refractivity contribution in [2.75, 3.05) is 19.0 Å². The third kappa shape index (κ3) is 4.85. The van der Waals surface area contributed by atoms with Crippen LogP contribution in [-0.4, -0.2) is 19.6 Å². The van der Waals surface area contributed by atoms with Crippen molar-refractivity contribution < 1.29 is 14.3 Å². The third-order valence-corrected chi connectivity index (χ3v) is 3.98. The van der Waals surface area contributed by atoms with Crippen molar-refractivity contribution in [3.63, 3.8) is 0 Å². The van der Waals surface area contributed by atoms with E-state index in [9.17, 15) is 10.1 Å². The Balaban J connectivity index is 2.28. The Bertz CT molecular complexity index is 841. The van der Waals surface area contributed by atoms with Crippen molar-refractivity contribution in [3.8, 4) is 17.6 Å². The molecule has 0 saturated carbocycles. The van der Waals surface area contributed by atoms with E-state index in [0.717, 1.165) is 4.47 Å². The molecule has 0 aromatic heterocycles. The number of halogens is 1. The zero-order valence-electron chi connectivity index (χ0n) is 13.9. The zero-order valence-corrected chi connectivity index (χ0v) is 15.5. The van der Waals surface area contributed by atoms with Gasteiger partial charge in [-0.15, -0.1) is 0 Å². The zero-order chi connectivity index (χ0) is 18.2. The quantitative estimate of drug-likeness (QED) is 0.575. The van der Waals surface area contributed by atoms with Gasteiger partial charge in [0.2, 0.25) is 0 Å². The molecule has 128 valence electrons. The van der Waals surface area contributed by atoms with Gasteiger partial charge in [0, 0.05) is 4.47 Å². The number of rotatable bonds is 6. The van der Waals surface area contributed by atoms with Crippen molar-refractivity contribution in [3.05, 3.63) is 58.1 Å². The second kappa shape index (κ2) is 8.90. The summed E-state index contributed by atoms with van der Waals surface area (Å²) in [5.41, 5.74) is 1.25. The number of amides is 1. The smallest absolute Gasteiger partial charge is 0.266 e. The van der Waals surface area contributed by atoms with Gasteiger partial charge in [-0.1, -0.05) is 18.2 Å². The van der Waals surface area contributed by atoms with E-state index in [0.29, 0.717) is 29.4 Å². The number of nitriles is 1. The molecule has 0 saturated heterocycles. The molecular weight excluding hydrogens is 384 g/mol. The van der Waals surface area contributed by atoms with E-state index in [1.165, 1.54) is 6.08 Å². The van der Waals surface area contributed by atoms with Crippen molar-refractivity contribution in [2.45, 2.75) is 6.92 Å². The highest BCUT2D eigenvalue weighted by molar-refractivity contribution is 9.10. The Labute approximate surface area is 155 Å². The first-order chi connectivity index (χ1) is 12.1. The number of carbonyl (C=O) groups excluding carboxylic acids is 1. The Morgan fingerprint density at radius 1 is 1.28 bits per heavy atom. The Morgan fingerprint density at radius 2 is 2.04 bits per heavy atom. The van der Waals surface area contributed by atoms with Crippen LogP contribution < -0.4 is 14.8 Å². The van der Waals surface area contributed by atoms with Gasteiger partial charge in [-0.3, -0.25) is 4.79 Å². The van der Waals surface area contributed by atoms with Gasteiger partial charge in [0.1, 0.15) is 11.6 Å². The topological polar surface area (TPSA) is 71.3 Å². The fourth-order valence-corrected chi connectivity index (χ4v) is 2.50. The molecule has 0 spiro atoms. The second-order valence-electron chi connectivity index (χ2n) is 4.95. The molecular formula is C19H17BrN2O3. The standard InChI is InChI=1S/C19H17BrN2O3/c1-3-25-18-11-13(8-9-17(18)24-2)10-14(12-21)19(23)22-16-7-5-4-6-15(16)20/h4-11H,3H2,1-2H3,(H,22,23)/b14-10-. The molecule has 0 atom stereocenters. The molecule has 2 aromatic rings. The van der Waals surface area contributed by atoms with Crippen LogP contribution in [0.1, 0.15) is 12.5 Å². The van der Waals surface area contributed by atoms with Gasteiger partial charge in [0.25, 0.3) is 5.91 Å². The molecule has 0 radical (unpaired) electrons. The lowest BCUT2D eigenvalue weighted by Gasteiger charge is -2.10. The van der Waals surface area contributed by atoms with Crippen molar-refractivity contribution in [2.24, 2.45) is 0 Å². The van der Waals surface area contributed by atoms with E-state index in [1.807, 2.05) is 25.1 Å². The molecule has 1 amide bonds. The summed E-state index contributed by atoms with van der Waals surface area (Å²) in [6.07, 6.45) is 1.51. The average molecular weight is 401 g/mol. The number of para-hydroxylation sites is 1. The largest absolute Gasteiger partial charge is 0.493 e. The molecule has 0 bridgehead atoms. The highest BCUT2D eigenvalue weighted by Crippen LogP contribution is 2.29. The number of hydrogen-bond donors (Lipinski definition) is 1. The molecule has 0 aliphatic carbocycles. The predicted molar refractivity (Wildman–Crippen MR) is 101 cm³/mol. The van der Waals surface area contributed by atoms with Crippen LogP contribution in [0.15, 0.2) is 52.5 Å². The van der Waals surface area contributed by atoms with E-state index >= 15 is 0 Å². The lowest BCUT2D eigenvalue weighted by Crippen LogP contribution is -2.13. The van der Waals surface area contributed by atoms with E-state index in [4.69, 9.17) is 9.47 Å². The van der Waals surface area contributed by atoms with Gasteiger partial charge < -0.3 is 14.8 Å². The summed E-state index contributed by atoms with van der Waals surface area (Å²) in [7, 11) is 1.55. The van der Waals surface area contributed by atoms with E-state index in [-0.39, 0.29) is 5.57 Å². The third-order valence-electron chi connectivity index (χ3n) is 3.29. The lowest BCUT2D eigenvalue weighted by molar-refractivity contribution is -0.112. The van der Waals surface area contributed by atoms with Gasteiger partial charge >= 0.3 is 0 Å². The summed E-state index contributed by atoms with van der Waals surface area (Å²) in [5.74, 6) is 0.667. The number of anilines is 1. The van der Waals surface area contributed by atoms with Gasteiger partial charge in [0.05, 0.1) is 19.4 Å². The second-order valence-corrected chi connectivity index (χ2v) is 5.80. The highest BCUT2D eigenvalue weighted by Gasteiger charge is 2.12. The number of hydrogen-bond acceptors (Lipinski definition) is 4. The van der Waals surface area contributed by atoms with E-state index in [1.54, 1.807) is 37.4 Å². The van der Waals surface area contributed by atoms with Gasteiger partial charge in [0.15, 0.2) is 11.5 Å². The maximum Gasteiger partial charge on any atom is 0.266 e. The molecule has 0 unspecified atom stereocenters. The minimum Gasteiger partial charge on any atom is -0.493 e. The number of methoxy groups -OCH3 is 1. The van der Waals surface area contributed by atoms with E-state index < -0.39 is 5.91 Å².